The zero-order valence-corrected chi connectivity index (χ0v) is 14.4. The van der Waals surface area contributed by atoms with E-state index in [0.717, 1.165) is 0 Å². The van der Waals surface area contributed by atoms with E-state index in [2.05, 4.69) is 15.3 Å². The van der Waals surface area contributed by atoms with Crippen molar-refractivity contribution in [2.24, 2.45) is 0 Å². The molecule has 142 valence electrons. The van der Waals surface area contributed by atoms with Gasteiger partial charge in [-0.3, -0.25) is 19.4 Å². The maximum Gasteiger partial charge on any atom is 0.346 e. The first-order chi connectivity index (χ1) is 12.3. The van der Waals surface area contributed by atoms with Gasteiger partial charge >= 0.3 is 23.6 Å². The molecular weight excluding hydrogens is 350 g/mol. The second-order valence-electron chi connectivity index (χ2n) is 5.48. The molecule has 4 atom stereocenters. The molecule has 11 nitrogen and oxygen atoms in total. The van der Waals surface area contributed by atoms with Gasteiger partial charge in [0.2, 0.25) is 0 Å². The van der Waals surface area contributed by atoms with Gasteiger partial charge in [-0.2, -0.15) is 0 Å². The summed E-state index contributed by atoms with van der Waals surface area (Å²) in [5.74, 6) is -1.54. The number of hydrogen-bond acceptors (Lipinski definition) is 10. The quantitative estimate of drug-likeness (QED) is 0.489. The number of H-pyrrole nitrogens is 1. The van der Waals surface area contributed by atoms with Crippen molar-refractivity contribution in [1.29, 1.82) is 0 Å². The number of aromatic amines is 1. The highest BCUT2D eigenvalue weighted by Gasteiger charge is 2.49. The summed E-state index contributed by atoms with van der Waals surface area (Å²) >= 11 is 0. The molecule has 1 saturated heterocycles. The maximum absolute atomic E-state index is 11.5. The summed E-state index contributed by atoms with van der Waals surface area (Å²) in [4.78, 5) is 51.2. The van der Waals surface area contributed by atoms with Gasteiger partial charge in [-0.1, -0.05) is 0 Å². The number of aromatic nitrogens is 2. The summed E-state index contributed by atoms with van der Waals surface area (Å²) in [6.45, 7) is 3.39. The van der Waals surface area contributed by atoms with Crippen LogP contribution in [-0.2, 0) is 33.3 Å². The van der Waals surface area contributed by atoms with Crippen LogP contribution in [0.3, 0.4) is 0 Å². The summed E-state index contributed by atoms with van der Waals surface area (Å²) in [5, 5.41) is 2.83. The number of nitrogens with one attached hydrogen (secondary N) is 2. The predicted molar refractivity (Wildman–Crippen MR) is 84.9 cm³/mol. The van der Waals surface area contributed by atoms with Gasteiger partial charge in [-0.05, 0) is 6.07 Å². The lowest BCUT2D eigenvalue weighted by Crippen LogP contribution is -2.43. The standard InChI is InChI=1S/C15H19N3O8/c1-7(19)23-6-10-12(24-8(2)20)13(25-9(3)21)14(26-10)17-11-4-5-16-15(22)18-11/h4-5,10,12-14H,6H2,1-3H3,(H2,16,17,18,22)/t10-,12-,13+,14-/m1/s1. The van der Waals surface area contributed by atoms with Crippen molar-refractivity contribution >= 4 is 23.7 Å². The number of carbonyl (C=O) groups excluding carboxylic acids is 3. The van der Waals surface area contributed by atoms with Crippen LogP contribution < -0.4 is 11.0 Å². The van der Waals surface area contributed by atoms with E-state index in [1.54, 1.807) is 0 Å². The average Bonchev–Trinajstić information content (AvgIpc) is 2.81. The lowest BCUT2D eigenvalue weighted by molar-refractivity contribution is -0.165. The van der Waals surface area contributed by atoms with Gasteiger partial charge < -0.3 is 24.3 Å². The van der Waals surface area contributed by atoms with E-state index in [-0.39, 0.29) is 12.4 Å². The van der Waals surface area contributed by atoms with Crippen LogP contribution in [0.2, 0.25) is 0 Å². The zero-order valence-electron chi connectivity index (χ0n) is 14.4. The lowest BCUT2D eigenvalue weighted by Gasteiger charge is -2.23. The molecule has 1 aromatic heterocycles. The minimum Gasteiger partial charge on any atom is -0.463 e. The number of carbonyl (C=O) groups is 3. The van der Waals surface area contributed by atoms with Crippen molar-refractivity contribution in [2.75, 3.05) is 11.9 Å². The molecule has 1 aromatic rings. The molecule has 2 N–H and O–H groups in total. The van der Waals surface area contributed by atoms with Crippen molar-refractivity contribution in [1.82, 2.24) is 9.97 Å². The Labute approximate surface area is 148 Å². The van der Waals surface area contributed by atoms with Gasteiger partial charge in [-0.15, -0.1) is 0 Å². The molecule has 0 spiro atoms. The summed E-state index contributed by atoms with van der Waals surface area (Å²) in [5.41, 5.74) is -0.593. The Kier molecular flexibility index (Phi) is 6.28. The number of rotatable bonds is 6. The van der Waals surface area contributed by atoms with Gasteiger partial charge in [0.25, 0.3) is 0 Å². The van der Waals surface area contributed by atoms with Crippen LogP contribution in [0.15, 0.2) is 17.1 Å². The van der Waals surface area contributed by atoms with Crippen molar-refractivity contribution in [2.45, 2.75) is 45.3 Å². The first kappa shape index (κ1) is 19.4. The first-order valence-corrected chi connectivity index (χ1v) is 7.71. The highest BCUT2D eigenvalue weighted by atomic mass is 16.7. The third kappa shape index (κ3) is 5.28. The molecule has 0 unspecified atom stereocenters. The van der Waals surface area contributed by atoms with Crippen LogP contribution in [0.4, 0.5) is 5.82 Å². The van der Waals surface area contributed by atoms with Crippen LogP contribution >= 0.6 is 0 Å². The average molecular weight is 369 g/mol. The Bertz CT molecular complexity index is 734. The van der Waals surface area contributed by atoms with Crippen molar-refractivity contribution in [3.8, 4) is 0 Å². The van der Waals surface area contributed by atoms with Crippen molar-refractivity contribution in [3.63, 3.8) is 0 Å². The number of hydrogen-bond donors (Lipinski definition) is 2. The van der Waals surface area contributed by atoms with Gasteiger partial charge in [0.1, 0.15) is 18.5 Å². The second-order valence-corrected chi connectivity index (χ2v) is 5.48. The normalized spacial score (nSPS) is 24.6. The molecule has 26 heavy (non-hydrogen) atoms. The molecule has 0 saturated carbocycles. The van der Waals surface area contributed by atoms with E-state index in [1.165, 1.54) is 33.0 Å². The molecule has 2 heterocycles. The third-order valence-electron chi connectivity index (χ3n) is 3.34. The van der Waals surface area contributed by atoms with Crippen LogP contribution in [0.25, 0.3) is 0 Å². The third-order valence-corrected chi connectivity index (χ3v) is 3.34. The van der Waals surface area contributed by atoms with Crippen LogP contribution in [0.5, 0.6) is 0 Å². The van der Waals surface area contributed by atoms with Crippen LogP contribution in [0.1, 0.15) is 20.8 Å². The van der Waals surface area contributed by atoms with E-state index < -0.39 is 48.1 Å². The fourth-order valence-corrected chi connectivity index (χ4v) is 2.44. The molecular formula is C15H19N3O8. The minimum absolute atomic E-state index is 0.212. The molecule has 2 rings (SSSR count). The number of nitrogens with zero attached hydrogens (tertiary/aromatic N) is 1. The van der Waals surface area contributed by atoms with E-state index in [1.807, 2.05) is 0 Å². The molecule has 0 amide bonds. The second kappa shape index (κ2) is 8.43. The van der Waals surface area contributed by atoms with Crippen molar-refractivity contribution in [3.05, 3.63) is 22.7 Å². The Morgan fingerprint density at radius 1 is 1.15 bits per heavy atom. The molecule has 0 aliphatic carbocycles. The first-order valence-electron chi connectivity index (χ1n) is 7.71. The minimum atomic E-state index is -1.03. The van der Waals surface area contributed by atoms with E-state index in [4.69, 9.17) is 18.9 Å². The Morgan fingerprint density at radius 3 is 2.38 bits per heavy atom. The zero-order chi connectivity index (χ0) is 19.3. The number of ether oxygens (including phenoxy) is 4. The summed E-state index contributed by atoms with van der Waals surface area (Å²) in [7, 11) is 0. The lowest BCUT2D eigenvalue weighted by atomic mass is 10.1. The fraction of sp³-hybridized carbons (Fsp3) is 0.533. The Hall–Kier alpha value is -2.95. The molecule has 0 radical (unpaired) electrons. The SMILES string of the molecule is CC(=O)OC[C@H]1O[C@@H](Nc2ccnc(=O)[nH]2)[C@@H](OC(C)=O)[C@@H]1OC(C)=O. The molecule has 1 aliphatic heterocycles. The van der Waals surface area contributed by atoms with E-state index in [9.17, 15) is 19.2 Å². The van der Waals surface area contributed by atoms with Gasteiger partial charge in [0.05, 0.1) is 0 Å². The summed E-state index contributed by atoms with van der Waals surface area (Å²) < 4.78 is 21.0. The molecule has 1 fully saturated rings. The van der Waals surface area contributed by atoms with Gasteiger partial charge in [0.15, 0.2) is 18.4 Å². The highest BCUT2D eigenvalue weighted by Crippen LogP contribution is 2.28. The van der Waals surface area contributed by atoms with Crippen molar-refractivity contribution < 1.29 is 33.3 Å². The smallest absolute Gasteiger partial charge is 0.346 e. The summed E-state index contributed by atoms with van der Waals surface area (Å²) in [6.07, 6.45) is -2.62. The molecule has 1 aliphatic rings. The monoisotopic (exact) mass is 369 g/mol. The molecule has 0 aromatic carbocycles. The van der Waals surface area contributed by atoms with E-state index >= 15 is 0 Å². The Balaban J connectivity index is 2.25. The Morgan fingerprint density at radius 2 is 1.81 bits per heavy atom. The van der Waals surface area contributed by atoms with Gasteiger partial charge in [0, 0.05) is 27.0 Å². The topological polar surface area (TPSA) is 146 Å². The van der Waals surface area contributed by atoms with Crippen LogP contribution in [-0.4, -0.2) is 59.0 Å². The largest absolute Gasteiger partial charge is 0.463 e. The summed E-state index contributed by atoms with van der Waals surface area (Å²) in [6, 6.07) is 1.47. The molecule has 11 heteroatoms. The fourth-order valence-electron chi connectivity index (χ4n) is 2.44. The number of anilines is 1. The van der Waals surface area contributed by atoms with Gasteiger partial charge in [-0.25, -0.2) is 9.78 Å². The maximum atomic E-state index is 11.5. The molecule has 0 bridgehead atoms. The predicted octanol–water partition coefficient (Wildman–Crippen LogP) is -0.667. The highest BCUT2D eigenvalue weighted by molar-refractivity contribution is 5.68. The number of esters is 3. The van der Waals surface area contributed by atoms with E-state index in [0.29, 0.717) is 0 Å². The van der Waals surface area contributed by atoms with Crippen LogP contribution in [0, 0.1) is 0 Å².